The Bertz CT molecular complexity index is 327. The fraction of sp³-hybridized carbons (Fsp3) is 0.600. The minimum Gasteiger partial charge on any atom is -0.493 e. The molecule has 0 aliphatic rings. The molecule has 0 aliphatic carbocycles. The van der Waals surface area contributed by atoms with E-state index in [-0.39, 0.29) is 0 Å². The van der Waals surface area contributed by atoms with Crippen molar-refractivity contribution in [3.8, 4) is 5.75 Å². The van der Waals surface area contributed by atoms with Crippen LogP contribution in [-0.2, 0) is 0 Å². The van der Waals surface area contributed by atoms with Gasteiger partial charge in [-0.1, -0.05) is 45.9 Å². The van der Waals surface area contributed by atoms with Gasteiger partial charge in [0, 0.05) is 0 Å². The molecule has 0 heterocycles. The molecule has 1 aromatic rings. The van der Waals surface area contributed by atoms with Crippen molar-refractivity contribution in [2.75, 3.05) is 6.61 Å². The maximum absolute atomic E-state index is 5.96. The van der Waals surface area contributed by atoms with Crippen LogP contribution >= 0.6 is 0 Å². The first kappa shape index (κ1) is 13.1. The van der Waals surface area contributed by atoms with Crippen molar-refractivity contribution in [1.29, 1.82) is 0 Å². The minimum absolute atomic E-state index is 0.302. The molecule has 1 aromatic carbocycles. The first-order valence-electron chi connectivity index (χ1n) is 6.01. The molecule has 0 amide bonds. The van der Waals surface area contributed by atoms with Crippen molar-refractivity contribution in [2.45, 2.75) is 41.5 Å². The third kappa shape index (κ3) is 3.26. The molecule has 1 unspecified atom stereocenters. The summed E-state index contributed by atoms with van der Waals surface area (Å²) in [7, 11) is 0. The molecule has 90 valence electrons. The Kier molecular flexibility index (Phi) is 4.01. The highest BCUT2D eigenvalue weighted by molar-refractivity contribution is 5.39. The lowest BCUT2D eigenvalue weighted by Gasteiger charge is -2.27. The zero-order valence-electron chi connectivity index (χ0n) is 11.4. The first-order valence-corrected chi connectivity index (χ1v) is 6.01. The summed E-state index contributed by atoms with van der Waals surface area (Å²) in [5, 5.41) is 0. The highest BCUT2D eigenvalue weighted by atomic mass is 16.5. The third-order valence-electron chi connectivity index (χ3n) is 3.36. The largest absolute Gasteiger partial charge is 0.493 e. The molecule has 0 saturated heterocycles. The van der Waals surface area contributed by atoms with Crippen LogP contribution in [0.15, 0.2) is 18.2 Å². The second kappa shape index (κ2) is 4.90. The summed E-state index contributed by atoms with van der Waals surface area (Å²) in [6.45, 7) is 14.0. The van der Waals surface area contributed by atoms with E-state index in [2.05, 4.69) is 59.7 Å². The van der Waals surface area contributed by atoms with Crippen molar-refractivity contribution in [3.05, 3.63) is 29.3 Å². The lowest BCUT2D eigenvalue weighted by molar-refractivity contribution is 0.160. The quantitative estimate of drug-likeness (QED) is 0.735. The van der Waals surface area contributed by atoms with Crippen molar-refractivity contribution in [1.82, 2.24) is 0 Å². The average Bonchev–Trinajstić information content (AvgIpc) is 2.15. The molecule has 1 nitrogen and oxygen atoms in total. The predicted molar refractivity (Wildman–Crippen MR) is 70.0 cm³/mol. The van der Waals surface area contributed by atoms with Crippen LogP contribution in [0.3, 0.4) is 0 Å². The highest BCUT2D eigenvalue weighted by Gasteiger charge is 2.20. The maximum atomic E-state index is 5.96. The number of para-hydroxylation sites is 1. The van der Waals surface area contributed by atoms with Gasteiger partial charge in [0.25, 0.3) is 0 Å². The van der Waals surface area contributed by atoms with E-state index in [1.54, 1.807) is 0 Å². The van der Waals surface area contributed by atoms with Gasteiger partial charge in [-0.15, -0.1) is 0 Å². The van der Waals surface area contributed by atoms with Gasteiger partial charge in [-0.2, -0.15) is 0 Å². The lowest BCUT2D eigenvalue weighted by Crippen LogP contribution is -2.23. The van der Waals surface area contributed by atoms with Gasteiger partial charge >= 0.3 is 0 Å². The van der Waals surface area contributed by atoms with Crippen molar-refractivity contribution >= 4 is 0 Å². The van der Waals surface area contributed by atoms with Gasteiger partial charge in [-0.25, -0.2) is 0 Å². The molecule has 0 radical (unpaired) electrons. The third-order valence-corrected chi connectivity index (χ3v) is 3.36. The molecule has 0 bridgehead atoms. The van der Waals surface area contributed by atoms with Crippen molar-refractivity contribution < 1.29 is 4.74 Å². The van der Waals surface area contributed by atoms with E-state index < -0.39 is 0 Å². The zero-order chi connectivity index (χ0) is 12.3. The standard InChI is InChI=1S/C15H24O/c1-11-8-7-9-12(2)14(11)16-10-13(3)15(4,5)6/h7-9,13H,10H2,1-6H3. The van der Waals surface area contributed by atoms with Crippen molar-refractivity contribution in [3.63, 3.8) is 0 Å². The van der Waals surface area contributed by atoms with Crippen molar-refractivity contribution in [2.24, 2.45) is 11.3 Å². The first-order chi connectivity index (χ1) is 7.32. The SMILES string of the molecule is Cc1cccc(C)c1OCC(C)C(C)(C)C. The molecule has 0 aromatic heterocycles. The Labute approximate surface area is 99.8 Å². The Morgan fingerprint density at radius 3 is 2.06 bits per heavy atom. The highest BCUT2D eigenvalue weighted by Crippen LogP contribution is 2.28. The summed E-state index contributed by atoms with van der Waals surface area (Å²) in [6.07, 6.45) is 0. The van der Waals surface area contributed by atoms with E-state index in [0.717, 1.165) is 12.4 Å². The second-order valence-electron chi connectivity index (χ2n) is 5.80. The molecule has 0 fully saturated rings. The number of rotatable bonds is 3. The van der Waals surface area contributed by atoms with E-state index in [4.69, 9.17) is 4.74 Å². The molecule has 0 spiro atoms. The number of ether oxygens (including phenoxy) is 1. The average molecular weight is 220 g/mol. The monoisotopic (exact) mass is 220 g/mol. The van der Waals surface area contributed by atoms with Crippen LogP contribution in [0.4, 0.5) is 0 Å². The van der Waals surface area contributed by atoms with E-state index in [1.807, 2.05) is 0 Å². The summed E-state index contributed by atoms with van der Waals surface area (Å²) in [4.78, 5) is 0. The molecular weight excluding hydrogens is 196 g/mol. The molecule has 1 rings (SSSR count). The van der Waals surface area contributed by atoms with Crippen LogP contribution in [0.2, 0.25) is 0 Å². The van der Waals surface area contributed by atoms with Gasteiger partial charge in [-0.05, 0) is 36.3 Å². The van der Waals surface area contributed by atoms with Crippen LogP contribution in [0.5, 0.6) is 5.75 Å². The van der Waals surface area contributed by atoms with Crippen LogP contribution in [0, 0.1) is 25.2 Å². The minimum atomic E-state index is 0.302. The Balaban J connectivity index is 2.69. The molecule has 0 N–H and O–H groups in total. The molecule has 16 heavy (non-hydrogen) atoms. The van der Waals surface area contributed by atoms with E-state index in [1.165, 1.54) is 11.1 Å². The van der Waals surface area contributed by atoms with E-state index >= 15 is 0 Å². The fourth-order valence-electron chi connectivity index (χ4n) is 1.49. The van der Waals surface area contributed by atoms with Gasteiger partial charge in [0.1, 0.15) is 5.75 Å². The number of benzene rings is 1. The molecule has 0 saturated carbocycles. The normalized spacial score (nSPS) is 13.6. The summed E-state index contributed by atoms with van der Waals surface area (Å²) in [5.41, 5.74) is 2.75. The molecular formula is C15H24O. The maximum Gasteiger partial charge on any atom is 0.125 e. The summed E-state index contributed by atoms with van der Waals surface area (Å²) < 4.78 is 5.96. The zero-order valence-corrected chi connectivity index (χ0v) is 11.4. The Hall–Kier alpha value is -0.980. The summed E-state index contributed by atoms with van der Waals surface area (Å²) in [5.74, 6) is 1.60. The second-order valence-corrected chi connectivity index (χ2v) is 5.80. The van der Waals surface area contributed by atoms with Crippen LogP contribution in [0.1, 0.15) is 38.8 Å². The number of hydrogen-bond donors (Lipinski definition) is 0. The number of aryl methyl sites for hydroxylation is 2. The van der Waals surface area contributed by atoms with Crippen LogP contribution in [0.25, 0.3) is 0 Å². The number of hydrogen-bond acceptors (Lipinski definition) is 1. The molecule has 1 heteroatoms. The Morgan fingerprint density at radius 1 is 1.12 bits per heavy atom. The van der Waals surface area contributed by atoms with E-state index in [0.29, 0.717) is 11.3 Å². The smallest absolute Gasteiger partial charge is 0.125 e. The topological polar surface area (TPSA) is 9.23 Å². The van der Waals surface area contributed by atoms with Crippen LogP contribution < -0.4 is 4.74 Å². The van der Waals surface area contributed by atoms with Crippen LogP contribution in [-0.4, -0.2) is 6.61 Å². The van der Waals surface area contributed by atoms with Gasteiger partial charge < -0.3 is 4.74 Å². The molecule has 1 atom stereocenters. The summed E-state index contributed by atoms with van der Waals surface area (Å²) >= 11 is 0. The molecule has 0 aliphatic heterocycles. The van der Waals surface area contributed by atoms with Gasteiger partial charge in [0.2, 0.25) is 0 Å². The lowest BCUT2D eigenvalue weighted by atomic mass is 9.83. The van der Waals surface area contributed by atoms with Gasteiger partial charge in [-0.3, -0.25) is 0 Å². The van der Waals surface area contributed by atoms with Gasteiger partial charge in [0.05, 0.1) is 6.61 Å². The van der Waals surface area contributed by atoms with E-state index in [9.17, 15) is 0 Å². The predicted octanol–water partition coefficient (Wildman–Crippen LogP) is 4.36. The van der Waals surface area contributed by atoms with Gasteiger partial charge in [0.15, 0.2) is 0 Å². The summed E-state index contributed by atoms with van der Waals surface area (Å²) in [6, 6.07) is 6.28. The fourth-order valence-corrected chi connectivity index (χ4v) is 1.49. The Morgan fingerprint density at radius 2 is 1.62 bits per heavy atom.